The molecule has 0 radical (unpaired) electrons. The van der Waals surface area contributed by atoms with E-state index in [-0.39, 0.29) is 0 Å². The molecule has 1 aromatic rings. The maximum atomic E-state index is 10.8. The van der Waals surface area contributed by atoms with Crippen LogP contribution in [-0.2, 0) is 10.8 Å². The first-order valence-electron chi connectivity index (χ1n) is 4.58. The smallest absolute Gasteiger partial charge is 0.0573 e. The van der Waals surface area contributed by atoms with Gasteiger partial charge >= 0.3 is 0 Å². The van der Waals surface area contributed by atoms with Crippen LogP contribution >= 0.6 is 0 Å². The van der Waals surface area contributed by atoms with E-state index in [2.05, 4.69) is 5.32 Å². The molecule has 1 unspecified atom stereocenters. The Kier molecular flexibility index (Phi) is 4.46. The summed E-state index contributed by atoms with van der Waals surface area (Å²) in [5.74, 6) is 0.736. The van der Waals surface area contributed by atoms with Crippen molar-refractivity contribution >= 4 is 22.2 Å². The third-order valence-electron chi connectivity index (χ3n) is 1.88. The third kappa shape index (κ3) is 3.79. The predicted molar refractivity (Wildman–Crippen MR) is 62.9 cm³/mol. The first-order chi connectivity index (χ1) is 6.70. The van der Waals surface area contributed by atoms with Gasteiger partial charge < -0.3 is 11.1 Å². The Hall–Kier alpha value is -1.03. The van der Waals surface area contributed by atoms with Crippen LogP contribution in [0.4, 0.5) is 11.4 Å². The number of benzene rings is 1. The van der Waals surface area contributed by atoms with Crippen molar-refractivity contribution in [2.24, 2.45) is 0 Å². The second-order valence-corrected chi connectivity index (χ2v) is 4.70. The lowest BCUT2D eigenvalue weighted by atomic mass is 10.2. The van der Waals surface area contributed by atoms with Crippen LogP contribution in [0.3, 0.4) is 0 Å². The van der Waals surface area contributed by atoms with Gasteiger partial charge in [-0.1, -0.05) is 12.1 Å². The van der Waals surface area contributed by atoms with Crippen LogP contribution in [0.15, 0.2) is 24.3 Å². The summed E-state index contributed by atoms with van der Waals surface area (Å²) in [7, 11) is -0.700. The Morgan fingerprint density at radius 1 is 1.43 bits per heavy atom. The number of nitrogen functional groups attached to an aromatic ring is 1. The lowest BCUT2D eigenvalue weighted by Crippen LogP contribution is -2.07. The van der Waals surface area contributed by atoms with E-state index in [1.54, 1.807) is 6.26 Å². The summed E-state index contributed by atoms with van der Waals surface area (Å²) < 4.78 is 10.8. The molecule has 78 valence electrons. The SMILES string of the molecule is CS(=O)CCCNc1ccccc1N. The molecule has 1 aromatic carbocycles. The number of para-hydroxylation sites is 2. The van der Waals surface area contributed by atoms with Crippen molar-refractivity contribution in [3.05, 3.63) is 24.3 Å². The van der Waals surface area contributed by atoms with E-state index in [1.807, 2.05) is 24.3 Å². The second kappa shape index (κ2) is 5.65. The normalized spacial score (nSPS) is 12.4. The predicted octanol–water partition coefficient (Wildman–Crippen LogP) is 1.45. The van der Waals surface area contributed by atoms with E-state index in [9.17, 15) is 4.21 Å². The molecule has 0 fully saturated rings. The number of nitrogens with two attached hydrogens (primary N) is 1. The molecule has 0 aliphatic rings. The standard InChI is InChI=1S/C10H16N2OS/c1-14(13)8-4-7-12-10-6-3-2-5-9(10)11/h2-3,5-6,12H,4,7-8,11H2,1H3. The Morgan fingerprint density at radius 2 is 2.14 bits per heavy atom. The number of anilines is 2. The molecule has 1 atom stereocenters. The molecule has 0 saturated carbocycles. The average Bonchev–Trinajstić information content (AvgIpc) is 2.15. The fourth-order valence-corrected chi connectivity index (χ4v) is 1.71. The van der Waals surface area contributed by atoms with Crippen LogP contribution < -0.4 is 11.1 Å². The maximum absolute atomic E-state index is 10.8. The number of hydrogen-bond donors (Lipinski definition) is 2. The molecule has 0 aliphatic heterocycles. The van der Waals surface area contributed by atoms with Crippen LogP contribution in [-0.4, -0.2) is 22.8 Å². The van der Waals surface area contributed by atoms with Crippen molar-refractivity contribution in [2.75, 3.05) is 29.6 Å². The van der Waals surface area contributed by atoms with Crippen LogP contribution in [0.2, 0.25) is 0 Å². The van der Waals surface area contributed by atoms with Gasteiger partial charge in [0.05, 0.1) is 11.4 Å². The van der Waals surface area contributed by atoms with E-state index in [4.69, 9.17) is 5.73 Å². The lowest BCUT2D eigenvalue weighted by molar-refractivity contribution is 0.685. The van der Waals surface area contributed by atoms with Crippen LogP contribution in [0.25, 0.3) is 0 Å². The minimum atomic E-state index is -0.700. The minimum Gasteiger partial charge on any atom is -0.397 e. The van der Waals surface area contributed by atoms with E-state index in [1.165, 1.54) is 0 Å². The molecule has 0 spiro atoms. The first kappa shape index (κ1) is 11.0. The van der Waals surface area contributed by atoms with E-state index in [0.29, 0.717) is 0 Å². The maximum Gasteiger partial charge on any atom is 0.0573 e. The average molecular weight is 212 g/mol. The number of rotatable bonds is 5. The minimum absolute atomic E-state index is 0.700. The summed E-state index contributed by atoms with van der Waals surface area (Å²) in [4.78, 5) is 0. The van der Waals surface area contributed by atoms with Crippen molar-refractivity contribution in [1.29, 1.82) is 0 Å². The summed E-state index contributed by atoms with van der Waals surface area (Å²) in [6.07, 6.45) is 2.62. The Labute approximate surface area is 87.2 Å². The highest BCUT2D eigenvalue weighted by Crippen LogP contribution is 2.16. The molecule has 0 heterocycles. The zero-order chi connectivity index (χ0) is 10.4. The van der Waals surface area contributed by atoms with Crippen molar-refractivity contribution < 1.29 is 4.21 Å². The van der Waals surface area contributed by atoms with Gasteiger partial charge in [-0.2, -0.15) is 0 Å². The van der Waals surface area contributed by atoms with Gasteiger partial charge in [-0.15, -0.1) is 0 Å². The largest absolute Gasteiger partial charge is 0.397 e. The Balaban J connectivity index is 2.31. The summed E-state index contributed by atoms with van der Waals surface area (Å²) in [5, 5.41) is 3.21. The van der Waals surface area contributed by atoms with Crippen molar-refractivity contribution in [2.45, 2.75) is 6.42 Å². The highest BCUT2D eigenvalue weighted by Gasteiger charge is 1.96. The van der Waals surface area contributed by atoms with Crippen molar-refractivity contribution in [1.82, 2.24) is 0 Å². The molecule has 0 aromatic heterocycles. The Morgan fingerprint density at radius 3 is 2.79 bits per heavy atom. The van der Waals surface area contributed by atoms with Crippen molar-refractivity contribution in [3.63, 3.8) is 0 Å². The van der Waals surface area contributed by atoms with Gasteiger partial charge in [0.15, 0.2) is 0 Å². The zero-order valence-electron chi connectivity index (χ0n) is 8.32. The van der Waals surface area contributed by atoms with E-state index in [0.717, 1.165) is 30.1 Å². The quantitative estimate of drug-likeness (QED) is 0.574. The van der Waals surface area contributed by atoms with Crippen LogP contribution in [0, 0.1) is 0 Å². The molecule has 3 N–H and O–H groups in total. The molecular formula is C10H16N2OS. The molecule has 3 nitrogen and oxygen atoms in total. The summed E-state index contributed by atoms with van der Waals surface area (Å²) in [6.45, 7) is 0.813. The summed E-state index contributed by atoms with van der Waals surface area (Å²) in [5.41, 5.74) is 7.45. The molecular weight excluding hydrogens is 196 g/mol. The molecule has 0 bridgehead atoms. The van der Waals surface area contributed by atoms with Gasteiger partial charge in [0.25, 0.3) is 0 Å². The van der Waals surface area contributed by atoms with Gasteiger partial charge in [-0.25, -0.2) is 0 Å². The van der Waals surface area contributed by atoms with Gasteiger partial charge in [-0.3, -0.25) is 4.21 Å². The lowest BCUT2D eigenvalue weighted by Gasteiger charge is -2.07. The zero-order valence-corrected chi connectivity index (χ0v) is 9.14. The van der Waals surface area contributed by atoms with Crippen molar-refractivity contribution in [3.8, 4) is 0 Å². The summed E-state index contributed by atoms with van der Waals surface area (Å²) >= 11 is 0. The summed E-state index contributed by atoms with van der Waals surface area (Å²) in [6, 6.07) is 7.65. The van der Waals surface area contributed by atoms with Gasteiger partial charge in [0.1, 0.15) is 0 Å². The van der Waals surface area contributed by atoms with Crippen LogP contribution in [0.1, 0.15) is 6.42 Å². The molecule has 1 rings (SSSR count). The van der Waals surface area contributed by atoms with Gasteiger partial charge in [0.2, 0.25) is 0 Å². The monoisotopic (exact) mass is 212 g/mol. The highest BCUT2D eigenvalue weighted by molar-refractivity contribution is 7.84. The Bertz CT molecular complexity index is 315. The highest BCUT2D eigenvalue weighted by atomic mass is 32.2. The molecule has 14 heavy (non-hydrogen) atoms. The first-order valence-corrected chi connectivity index (χ1v) is 6.31. The van der Waals surface area contributed by atoms with E-state index < -0.39 is 10.8 Å². The fourth-order valence-electron chi connectivity index (χ4n) is 1.16. The number of hydrogen-bond acceptors (Lipinski definition) is 3. The number of nitrogens with one attached hydrogen (secondary N) is 1. The fraction of sp³-hybridized carbons (Fsp3) is 0.400. The third-order valence-corrected chi connectivity index (χ3v) is 2.75. The van der Waals surface area contributed by atoms with Crippen LogP contribution in [0.5, 0.6) is 0 Å². The molecule has 0 saturated heterocycles. The van der Waals surface area contributed by atoms with Gasteiger partial charge in [-0.05, 0) is 18.6 Å². The molecule has 0 amide bonds. The second-order valence-electron chi connectivity index (χ2n) is 3.14. The topological polar surface area (TPSA) is 55.1 Å². The molecule has 0 aliphatic carbocycles. The molecule has 4 heteroatoms. The van der Waals surface area contributed by atoms with Gasteiger partial charge in [0, 0.05) is 29.4 Å². The van der Waals surface area contributed by atoms with E-state index >= 15 is 0 Å².